The third-order valence-corrected chi connectivity index (χ3v) is 4.29. The van der Waals surface area contributed by atoms with Gasteiger partial charge in [0.15, 0.2) is 0 Å². The Morgan fingerprint density at radius 1 is 1.20 bits per heavy atom. The van der Waals surface area contributed by atoms with Gasteiger partial charge in [0.05, 0.1) is 16.7 Å². The molecule has 3 rings (SSSR count). The number of nitrogens with zero attached hydrogens (tertiary/aromatic N) is 4. The fourth-order valence-corrected chi connectivity index (χ4v) is 2.89. The summed E-state index contributed by atoms with van der Waals surface area (Å²) in [5.41, 5.74) is 2.19. The average Bonchev–Trinajstić information content (AvgIpc) is 3.09. The van der Waals surface area contributed by atoms with E-state index in [2.05, 4.69) is 15.2 Å². The summed E-state index contributed by atoms with van der Waals surface area (Å²) >= 11 is 1.33. The van der Waals surface area contributed by atoms with Crippen LogP contribution >= 0.6 is 11.3 Å². The number of nitro groups is 1. The first-order chi connectivity index (χ1) is 12.0. The van der Waals surface area contributed by atoms with E-state index in [0.717, 1.165) is 5.56 Å². The molecule has 7 nitrogen and oxygen atoms in total. The molecule has 0 aliphatic rings. The molecular formula is C17H14N4O3S. The maximum absolute atomic E-state index is 10.7. The Balaban J connectivity index is 1.75. The molecule has 1 aromatic heterocycles. The SMILES string of the molecule is CC(N=Nc1nc(-c2ccc([N+](=O)[O-])cc2)cs1)c1ccccc1O. The quantitative estimate of drug-likeness (QED) is 0.383. The summed E-state index contributed by atoms with van der Waals surface area (Å²) in [7, 11) is 0. The van der Waals surface area contributed by atoms with Gasteiger partial charge in [0.2, 0.25) is 5.13 Å². The van der Waals surface area contributed by atoms with Crippen LogP contribution in [0.25, 0.3) is 11.3 Å². The number of azo groups is 1. The third-order valence-electron chi connectivity index (χ3n) is 3.57. The minimum Gasteiger partial charge on any atom is -0.508 e. The molecule has 1 heterocycles. The molecule has 0 radical (unpaired) electrons. The molecule has 0 aliphatic carbocycles. The van der Waals surface area contributed by atoms with Crippen molar-refractivity contribution in [2.45, 2.75) is 13.0 Å². The number of aromatic nitrogens is 1. The number of nitro benzene ring substituents is 1. The number of hydrogen-bond acceptors (Lipinski definition) is 7. The van der Waals surface area contributed by atoms with Crippen molar-refractivity contribution in [3.05, 3.63) is 69.6 Å². The van der Waals surface area contributed by atoms with Gasteiger partial charge in [-0.15, -0.1) is 16.5 Å². The minimum atomic E-state index is -0.440. The Labute approximate surface area is 147 Å². The highest BCUT2D eigenvalue weighted by Crippen LogP contribution is 2.31. The molecule has 0 amide bonds. The van der Waals surface area contributed by atoms with E-state index in [1.54, 1.807) is 30.3 Å². The van der Waals surface area contributed by atoms with Crippen molar-refractivity contribution in [1.29, 1.82) is 0 Å². The van der Waals surface area contributed by atoms with E-state index < -0.39 is 4.92 Å². The van der Waals surface area contributed by atoms with Crippen molar-refractivity contribution in [2.75, 3.05) is 0 Å². The van der Waals surface area contributed by atoms with Gasteiger partial charge in [0.25, 0.3) is 5.69 Å². The lowest BCUT2D eigenvalue weighted by atomic mass is 10.1. The average molecular weight is 354 g/mol. The second-order valence-corrected chi connectivity index (χ2v) is 6.11. The van der Waals surface area contributed by atoms with Gasteiger partial charge in [-0.25, -0.2) is 4.98 Å². The fraction of sp³-hybridized carbons (Fsp3) is 0.118. The van der Waals surface area contributed by atoms with E-state index in [1.165, 1.54) is 23.5 Å². The molecule has 2 aromatic carbocycles. The standard InChI is InChI=1S/C17H14N4O3S/c1-11(14-4-2-3-5-16(14)22)19-20-17-18-15(10-25-17)12-6-8-13(9-7-12)21(23)24/h2-11,22H,1H3. The van der Waals surface area contributed by atoms with Crippen LogP contribution in [0, 0.1) is 10.1 Å². The Kier molecular flexibility index (Phi) is 4.80. The van der Waals surface area contributed by atoms with Gasteiger partial charge in [-0.05, 0) is 25.1 Å². The zero-order valence-corrected chi connectivity index (χ0v) is 14.1. The normalized spacial score (nSPS) is 12.4. The van der Waals surface area contributed by atoms with Crippen LogP contribution in [0.4, 0.5) is 10.8 Å². The number of rotatable bonds is 5. The van der Waals surface area contributed by atoms with Crippen molar-refractivity contribution in [3.63, 3.8) is 0 Å². The van der Waals surface area contributed by atoms with E-state index >= 15 is 0 Å². The maximum atomic E-state index is 10.7. The first-order valence-corrected chi connectivity index (χ1v) is 8.31. The van der Waals surface area contributed by atoms with Crippen LogP contribution in [0.5, 0.6) is 5.75 Å². The summed E-state index contributed by atoms with van der Waals surface area (Å²) in [5.74, 6) is 0.180. The van der Waals surface area contributed by atoms with Gasteiger partial charge in [-0.1, -0.05) is 18.2 Å². The number of para-hydroxylation sites is 1. The fourth-order valence-electron chi connectivity index (χ4n) is 2.24. The second kappa shape index (κ2) is 7.18. The molecule has 1 atom stereocenters. The zero-order chi connectivity index (χ0) is 17.8. The monoisotopic (exact) mass is 354 g/mol. The van der Waals surface area contributed by atoms with Crippen LogP contribution in [-0.4, -0.2) is 15.0 Å². The predicted octanol–water partition coefficient (Wildman–Crippen LogP) is 5.27. The summed E-state index contributed by atoms with van der Waals surface area (Å²) in [6, 6.07) is 12.9. The van der Waals surface area contributed by atoms with Crippen LogP contribution in [0.15, 0.2) is 64.1 Å². The summed E-state index contributed by atoms with van der Waals surface area (Å²) in [6.07, 6.45) is 0. The van der Waals surface area contributed by atoms with Crippen LogP contribution in [0.1, 0.15) is 18.5 Å². The summed E-state index contributed by atoms with van der Waals surface area (Å²) in [4.78, 5) is 14.6. The topological polar surface area (TPSA) is 101 Å². The molecule has 0 bridgehead atoms. The Morgan fingerprint density at radius 2 is 1.92 bits per heavy atom. The Morgan fingerprint density at radius 3 is 2.60 bits per heavy atom. The van der Waals surface area contributed by atoms with Gasteiger partial charge in [-0.3, -0.25) is 10.1 Å². The summed E-state index contributed by atoms with van der Waals surface area (Å²) in [6.45, 7) is 1.84. The lowest BCUT2D eigenvalue weighted by Gasteiger charge is -2.06. The van der Waals surface area contributed by atoms with Gasteiger partial charge < -0.3 is 5.11 Å². The van der Waals surface area contributed by atoms with E-state index in [-0.39, 0.29) is 17.5 Å². The molecule has 3 aromatic rings. The highest BCUT2D eigenvalue weighted by molar-refractivity contribution is 7.13. The molecule has 0 aliphatic heterocycles. The number of benzene rings is 2. The van der Waals surface area contributed by atoms with Crippen molar-refractivity contribution in [1.82, 2.24) is 4.98 Å². The molecule has 1 unspecified atom stereocenters. The summed E-state index contributed by atoms with van der Waals surface area (Å²) < 4.78 is 0. The van der Waals surface area contributed by atoms with E-state index in [0.29, 0.717) is 16.4 Å². The van der Waals surface area contributed by atoms with E-state index in [4.69, 9.17) is 0 Å². The van der Waals surface area contributed by atoms with Gasteiger partial charge in [0.1, 0.15) is 5.75 Å². The zero-order valence-electron chi connectivity index (χ0n) is 13.2. The number of phenols is 1. The molecule has 0 saturated carbocycles. The van der Waals surface area contributed by atoms with Crippen molar-refractivity contribution in [2.24, 2.45) is 10.2 Å². The van der Waals surface area contributed by atoms with E-state index in [9.17, 15) is 15.2 Å². The molecule has 0 spiro atoms. The first kappa shape index (κ1) is 16.7. The maximum Gasteiger partial charge on any atom is 0.269 e. The number of non-ortho nitro benzene ring substituents is 1. The molecule has 0 saturated heterocycles. The highest BCUT2D eigenvalue weighted by atomic mass is 32.1. The number of hydrogen-bond donors (Lipinski definition) is 1. The molecule has 1 N–H and O–H groups in total. The molecule has 0 fully saturated rings. The third kappa shape index (κ3) is 3.86. The minimum absolute atomic E-state index is 0.0374. The second-order valence-electron chi connectivity index (χ2n) is 5.27. The smallest absolute Gasteiger partial charge is 0.269 e. The highest BCUT2D eigenvalue weighted by Gasteiger charge is 2.10. The molecular weight excluding hydrogens is 340 g/mol. The molecule has 8 heteroatoms. The molecule has 25 heavy (non-hydrogen) atoms. The van der Waals surface area contributed by atoms with Crippen molar-refractivity contribution in [3.8, 4) is 17.0 Å². The van der Waals surface area contributed by atoms with Crippen LogP contribution < -0.4 is 0 Å². The van der Waals surface area contributed by atoms with Crippen LogP contribution in [0.2, 0.25) is 0 Å². The largest absolute Gasteiger partial charge is 0.508 e. The Bertz CT molecular complexity index is 922. The number of aromatic hydroxyl groups is 1. The lowest BCUT2D eigenvalue weighted by molar-refractivity contribution is -0.384. The van der Waals surface area contributed by atoms with Crippen LogP contribution in [0.3, 0.4) is 0 Å². The number of phenolic OH excluding ortho intramolecular Hbond substituents is 1. The van der Waals surface area contributed by atoms with E-state index in [1.807, 2.05) is 18.4 Å². The van der Waals surface area contributed by atoms with Crippen LogP contribution in [-0.2, 0) is 0 Å². The van der Waals surface area contributed by atoms with Gasteiger partial charge >= 0.3 is 0 Å². The molecule has 126 valence electrons. The van der Waals surface area contributed by atoms with Crippen molar-refractivity contribution >= 4 is 22.2 Å². The number of thiazole rings is 1. The van der Waals surface area contributed by atoms with Gasteiger partial charge in [0, 0.05) is 28.6 Å². The summed E-state index contributed by atoms with van der Waals surface area (Å²) in [5, 5.41) is 31.1. The predicted molar refractivity (Wildman–Crippen MR) is 95.2 cm³/mol. The lowest BCUT2D eigenvalue weighted by Crippen LogP contribution is -1.88. The Hall–Kier alpha value is -3.13. The first-order valence-electron chi connectivity index (χ1n) is 7.43. The van der Waals surface area contributed by atoms with Gasteiger partial charge in [-0.2, -0.15) is 5.11 Å². The van der Waals surface area contributed by atoms with Crippen molar-refractivity contribution < 1.29 is 10.0 Å².